The van der Waals surface area contributed by atoms with Crippen molar-refractivity contribution in [3.8, 4) is 5.69 Å². The molecule has 2 heterocycles. The molecule has 0 unspecified atom stereocenters. The number of anilines is 1. The number of amides is 2. The maximum Gasteiger partial charge on any atom is 0.417 e. The smallest absolute Gasteiger partial charge is 0.417 e. The Balaban J connectivity index is 1.59. The summed E-state index contributed by atoms with van der Waals surface area (Å²) in [5.74, 6) is -0.697. The van der Waals surface area contributed by atoms with Crippen LogP contribution in [0.3, 0.4) is 0 Å². The second kappa shape index (κ2) is 10.2. The second-order valence-electron chi connectivity index (χ2n) is 11.2. The van der Waals surface area contributed by atoms with Crippen LogP contribution < -0.4 is 5.32 Å². The van der Waals surface area contributed by atoms with Crippen molar-refractivity contribution in [3.63, 3.8) is 0 Å². The SMILES string of the molecule is CC(C)CC1(O)CCN(C(=O)Nc2cc(C(F)(F)F)c3cn(-c4ccc(C(C)(C)C(=O)O)cc4)nc3c2)CC1. The summed E-state index contributed by atoms with van der Waals surface area (Å²) in [5, 5.41) is 26.9. The summed E-state index contributed by atoms with van der Waals surface area (Å²) >= 11 is 0. The van der Waals surface area contributed by atoms with Gasteiger partial charge < -0.3 is 20.4 Å². The van der Waals surface area contributed by atoms with Crippen molar-refractivity contribution in [2.45, 2.75) is 64.1 Å². The molecule has 4 rings (SSSR count). The van der Waals surface area contributed by atoms with Crippen molar-refractivity contribution >= 4 is 28.6 Å². The normalized spacial score (nSPS) is 16.1. The van der Waals surface area contributed by atoms with Gasteiger partial charge in [0.05, 0.1) is 27.8 Å². The van der Waals surface area contributed by atoms with E-state index < -0.39 is 34.8 Å². The van der Waals surface area contributed by atoms with Crippen LogP contribution in [0.25, 0.3) is 16.6 Å². The number of carbonyl (C=O) groups excluding carboxylic acids is 1. The van der Waals surface area contributed by atoms with Crippen LogP contribution in [0.4, 0.5) is 23.7 Å². The van der Waals surface area contributed by atoms with E-state index in [-0.39, 0.29) is 16.6 Å². The number of fused-ring (bicyclic) bond motifs is 1. The predicted octanol–water partition coefficient (Wildman–Crippen LogP) is 5.81. The number of aliphatic hydroxyl groups is 1. The van der Waals surface area contributed by atoms with E-state index in [2.05, 4.69) is 10.4 Å². The number of aliphatic carboxylic acids is 1. The number of nitrogens with zero attached hydrogens (tertiary/aromatic N) is 3. The molecule has 8 nitrogen and oxygen atoms in total. The summed E-state index contributed by atoms with van der Waals surface area (Å²) in [5.41, 5.74) is -1.91. The number of hydrogen-bond donors (Lipinski definition) is 3. The first kappa shape index (κ1) is 28.4. The van der Waals surface area contributed by atoms with E-state index in [0.29, 0.717) is 49.5 Å². The number of alkyl halides is 3. The highest BCUT2D eigenvalue weighted by molar-refractivity contribution is 5.94. The number of benzene rings is 2. The first-order chi connectivity index (χ1) is 18.1. The zero-order chi connectivity index (χ0) is 28.8. The van der Waals surface area contributed by atoms with Gasteiger partial charge in [-0.2, -0.15) is 18.3 Å². The fourth-order valence-corrected chi connectivity index (χ4v) is 5.01. The number of carboxylic acids is 1. The van der Waals surface area contributed by atoms with Gasteiger partial charge in [0.2, 0.25) is 0 Å². The Bertz CT molecular complexity index is 1370. The van der Waals surface area contributed by atoms with E-state index in [1.807, 2.05) is 13.8 Å². The van der Waals surface area contributed by atoms with Crippen LogP contribution in [-0.4, -0.2) is 55.6 Å². The summed E-state index contributed by atoms with van der Waals surface area (Å²) in [4.78, 5) is 25.9. The molecule has 2 amide bonds. The third-order valence-electron chi connectivity index (χ3n) is 7.34. The van der Waals surface area contributed by atoms with Crippen LogP contribution in [0.1, 0.15) is 58.1 Å². The number of piperidine rings is 1. The average Bonchev–Trinajstić information content (AvgIpc) is 3.26. The molecule has 39 heavy (non-hydrogen) atoms. The Morgan fingerprint density at radius 3 is 2.26 bits per heavy atom. The molecule has 3 N–H and O–H groups in total. The van der Waals surface area contributed by atoms with Crippen molar-refractivity contribution in [1.82, 2.24) is 14.7 Å². The molecule has 210 valence electrons. The van der Waals surface area contributed by atoms with Crippen molar-refractivity contribution in [2.75, 3.05) is 18.4 Å². The second-order valence-corrected chi connectivity index (χ2v) is 11.2. The van der Waals surface area contributed by atoms with E-state index in [0.717, 1.165) is 6.07 Å². The molecular weight excluding hydrogens is 513 g/mol. The molecule has 1 saturated heterocycles. The number of hydrogen-bond acceptors (Lipinski definition) is 4. The van der Waals surface area contributed by atoms with Crippen molar-refractivity contribution < 1.29 is 33.0 Å². The number of carbonyl (C=O) groups is 2. The van der Waals surface area contributed by atoms with Gasteiger partial charge in [-0.15, -0.1) is 0 Å². The summed E-state index contributed by atoms with van der Waals surface area (Å²) in [6.45, 7) is 7.75. The van der Waals surface area contributed by atoms with E-state index in [1.165, 1.54) is 21.8 Å². The molecule has 1 aromatic heterocycles. The Labute approximate surface area is 224 Å². The number of rotatable bonds is 6. The third kappa shape index (κ3) is 6.03. The minimum absolute atomic E-state index is 0.0355. The first-order valence-corrected chi connectivity index (χ1v) is 12.8. The van der Waals surface area contributed by atoms with Crippen molar-refractivity contribution in [2.24, 2.45) is 5.92 Å². The van der Waals surface area contributed by atoms with E-state index in [9.17, 15) is 33.0 Å². The topological polar surface area (TPSA) is 108 Å². The van der Waals surface area contributed by atoms with Crippen LogP contribution in [0, 0.1) is 5.92 Å². The van der Waals surface area contributed by atoms with Gasteiger partial charge in [0.25, 0.3) is 0 Å². The van der Waals surface area contributed by atoms with Crippen LogP contribution >= 0.6 is 0 Å². The lowest BCUT2D eigenvalue weighted by molar-refractivity contribution is -0.142. The molecule has 0 radical (unpaired) electrons. The van der Waals surface area contributed by atoms with Gasteiger partial charge in [-0.05, 0) is 68.9 Å². The maximum atomic E-state index is 14.0. The van der Waals surface area contributed by atoms with Gasteiger partial charge in [-0.1, -0.05) is 26.0 Å². The number of urea groups is 1. The summed E-state index contributed by atoms with van der Waals surface area (Å²) in [6.07, 6.45) is -2.00. The van der Waals surface area contributed by atoms with Gasteiger partial charge in [-0.3, -0.25) is 4.79 Å². The summed E-state index contributed by atoms with van der Waals surface area (Å²) < 4.78 is 43.3. The number of likely N-dealkylation sites (tertiary alicyclic amines) is 1. The summed E-state index contributed by atoms with van der Waals surface area (Å²) in [7, 11) is 0. The highest BCUT2D eigenvalue weighted by Gasteiger charge is 2.36. The highest BCUT2D eigenvalue weighted by atomic mass is 19.4. The monoisotopic (exact) mass is 546 g/mol. The number of halogens is 3. The standard InChI is InChI=1S/C28H33F3N4O4/c1-17(2)15-27(39)9-11-34(12-10-27)25(38)32-19-13-22(28(29,30)31)21-16-35(33-23(21)14-19)20-7-5-18(6-8-20)26(3,4)24(36)37/h5-8,13-14,16-17,39H,9-12,15H2,1-4H3,(H,32,38)(H,36,37). The molecule has 11 heteroatoms. The zero-order valence-electron chi connectivity index (χ0n) is 22.3. The van der Waals surface area contributed by atoms with Gasteiger partial charge in [0, 0.05) is 30.4 Å². The molecule has 0 aliphatic carbocycles. The number of carboxylic acid groups (broad SMARTS) is 1. The fraction of sp³-hybridized carbons (Fsp3) is 0.464. The van der Waals surface area contributed by atoms with Crippen LogP contribution in [0.2, 0.25) is 0 Å². The van der Waals surface area contributed by atoms with Crippen LogP contribution in [-0.2, 0) is 16.4 Å². The van der Waals surface area contributed by atoms with Crippen LogP contribution in [0.5, 0.6) is 0 Å². The molecule has 3 aromatic rings. The minimum Gasteiger partial charge on any atom is -0.481 e. The maximum absolute atomic E-state index is 14.0. The lowest BCUT2D eigenvalue weighted by Gasteiger charge is -2.39. The average molecular weight is 547 g/mol. The van der Waals surface area contributed by atoms with Crippen LogP contribution in [0.15, 0.2) is 42.6 Å². The van der Waals surface area contributed by atoms with Gasteiger partial charge in [0.15, 0.2) is 0 Å². The Morgan fingerprint density at radius 1 is 1.10 bits per heavy atom. The lowest BCUT2D eigenvalue weighted by atomic mass is 9.84. The quantitative estimate of drug-likeness (QED) is 0.362. The van der Waals surface area contributed by atoms with E-state index in [4.69, 9.17) is 0 Å². The number of nitrogens with one attached hydrogen (secondary N) is 1. The Kier molecular flexibility index (Phi) is 7.41. The summed E-state index contributed by atoms with van der Waals surface area (Å²) in [6, 6.07) is 8.14. The fourth-order valence-electron chi connectivity index (χ4n) is 5.01. The number of aromatic nitrogens is 2. The largest absolute Gasteiger partial charge is 0.481 e. The molecule has 0 bridgehead atoms. The molecule has 0 spiro atoms. The molecule has 0 atom stereocenters. The molecule has 1 aliphatic heterocycles. The van der Waals surface area contributed by atoms with Gasteiger partial charge >= 0.3 is 18.2 Å². The molecule has 1 fully saturated rings. The first-order valence-electron chi connectivity index (χ1n) is 12.8. The van der Waals surface area contributed by atoms with Gasteiger partial charge in [-0.25, -0.2) is 9.48 Å². The zero-order valence-corrected chi connectivity index (χ0v) is 22.3. The predicted molar refractivity (Wildman–Crippen MR) is 141 cm³/mol. The van der Waals surface area contributed by atoms with Crippen molar-refractivity contribution in [1.29, 1.82) is 0 Å². The third-order valence-corrected chi connectivity index (χ3v) is 7.34. The Morgan fingerprint density at radius 2 is 1.72 bits per heavy atom. The molecular formula is C28H33F3N4O4. The lowest BCUT2D eigenvalue weighted by Crippen LogP contribution is -2.48. The molecule has 1 aliphatic rings. The molecule has 2 aromatic carbocycles. The van der Waals surface area contributed by atoms with E-state index in [1.54, 1.807) is 38.1 Å². The minimum atomic E-state index is -4.69. The van der Waals surface area contributed by atoms with Gasteiger partial charge in [0.1, 0.15) is 0 Å². The Hall–Kier alpha value is -3.60. The highest BCUT2D eigenvalue weighted by Crippen LogP contribution is 2.37. The van der Waals surface area contributed by atoms with Crippen molar-refractivity contribution in [3.05, 3.63) is 53.7 Å². The van der Waals surface area contributed by atoms with E-state index >= 15 is 0 Å². The molecule has 0 saturated carbocycles.